The summed E-state index contributed by atoms with van der Waals surface area (Å²) >= 11 is 0. The highest BCUT2D eigenvalue weighted by molar-refractivity contribution is 5.70. The Bertz CT molecular complexity index is 189. The molecule has 0 heterocycles. The van der Waals surface area contributed by atoms with Crippen LogP contribution >= 0.6 is 0 Å². The summed E-state index contributed by atoms with van der Waals surface area (Å²) in [5, 5.41) is 9.09. The third-order valence-corrected chi connectivity index (χ3v) is 3.49. The molecule has 1 aliphatic rings. The summed E-state index contributed by atoms with van der Waals surface area (Å²) < 4.78 is 0. The zero-order valence-corrected chi connectivity index (χ0v) is 9.33. The van der Waals surface area contributed by atoms with Crippen LogP contribution in [0.15, 0.2) is 0 Å². The van der Waals surface area contributed by atoms with Crippen molar-refractivity contribution in [1.82, 2.24) is 0 Å². The summed E-state index contributed by atoms with van der Waals surface area (Å²) in [7, 11) is 0. The van der Waals surface area contributed by atoms with Crippen molar-refractivity contribution < 1.29 is 9.90 Å². The third kappa shape index (κ3) is 3.00. The largest absolute Gasteiger partial charge is 0.481 e. The van der Waals surface area contributed by atoms with Gasteiger partial charge in [0.05, 0.1) is 5.92 Å². The second-order valence-electron chi connectivity index (χ2n) is 4.77. The second-order valence-corrected chi connectivity index (χ2v) is 4.77. The fourth-order valence-electron chi connectivity index (χ4n) is 2.61. The predicted molar refractivity (Wildman–Crippen MR) is 57.2 cm³/mol. The molecule has 1 saturated carbocycles. The Kier molecular flexibility index (Phi) is 4.43. The van der Waals surface area contributed by atoms with Gasteiger partial charge in [-0.1, -0.05) is 26.7 Å². The molecule has 0 aliphatic heterocycles. The molecule has 0 amide bonds. The molecule has 0 saturated heterocycles. The lowest BCUT2D eigenvalue weighted by Crippen LogP contribution is -2.29. The standard InChI is InChI=1S/C12H22O2/c1-3-4-5-10-8-9(2)6-7-11(10)12(13)14/h9-11H,3-8H2,1-2H3,(H,13,14). The van der Waals surface area contributed by atoms with Crippen LogP contribution in [-0.4, -0.2) is 11.1 Å². The van der Waals surface area contributed by atoms with E-state index in [0.29, 0.717) is 5.92 Å². The first-order valence-electron chi connectivity index (χ1n) is 5.88. The maximum Gasteiger partial charge on any atom is 0.306 e. The summed E-state index contributed by atoms with van der Waals surface area (Å²) in [6.45, 7) is 4.42. The molecule has 0 aromatic carbocycles. The van der Waals surface area contributed by atoms with Gasteiger partial charge in [0.15, 0.2) is 0 Å². The van der Waals surface area contributed by atoms with Gasteiger partial charge in [0.1, 0.15) is 0 Å². The SMILES string of the molecule is CCCCC1CC(C)CCC1C(=O)O. The lowest BCUT2D eigenvalue weighted by Gasteiger charge is -2.32. The van der Waals surface area contributed by atoms with E-state index >= 15 is 0 Å². The van der Waals surface area contributed by atoms with E-state index in [-0.39, 0.29) is 5.92 Å². The maximum atomic E-state index is 11.0. The maximum absolute atomic E-state index is 11.0. The number of hydrogen-bond acceptors (Lipinski definition) is 1. The van der Waals surface area contributed by atoms with Crippen LogP contribution < -0.4 is 0 Å². The quantitative estimate of drug-likeness (QED) is 0.752. The Balaban J connectivity index is 2.50. The first kappa shape index (κ1) is 11.5. The minimum Gasteiger partial charge on any atom is -0.481 e. The number of carbonyl (C=O) groups is 1. The van der Waals surface area contributed by atoms with Crippen LogP contribution in [0, 0.1) is 17.8 Å². The highest BCUT2D eigenvalue weighted by atomic mass is 16.4. The Labute approximate surface area is 86.7 Å². The van der Waals surface area contributed by atoms with Crippen molar-refractivity contribution in [2.45, 2.75) is 52.4 Å². The van der Waals surface area contributed by atoms with Crippen LogP contribution in [0.3, 0.4) is 0 Å². The molecule has 0 aromatic heterocycles. The number of carboxylic acid groups (broad SMARTS) is 1. The van der Waals surface area contributed by atoms with Gasteiger partial charge in [-0.2, -0.15) is 0 Å². The van der Waals surface area contributed by atoms with E-state index in [1.54, 1.807) is 0 Å². The average molecular weight is 198 g/mol. The molecule has 1 aliphatic carbocycles. The van der Waals surface area contributed by atoms with Crippen LogP contribution in [0.25, 0.3) is 0 Å². The first-order chi connectivity index (χ1) is 6.65. The molecule has 0 spiro atoms. The van der Waals surface area contributed by atoms with E-state index in [4.69, 9.17) is 5.11 Å². The number of hydrogen-bond donors (Lipinski definition) is 1. The number of carboxylic acids is 1. The summed E-state index contributed by atoms with van der Waals surface area (Å²) in [6.07, 6.45) is 6.58. The normalized spacial score (nSPS) is 32.9. The molecular weight excluding hydrogens is 176 g/mol. The van der Waals surface area contributed by atoms with E-state index in [0.717, 1.165) is 31.6 Å². The molecule has 1 fully saturated rings. The monoisotopic (exact) mass is 198 g/mol. The molecule has 0 bridgehead atoms. The number of rotatable bonds is 4. The third-order valence-electron chi connectivity index (χ3n) is 3.49. The topological polar surface area (TPSA) is 37.3 Å². The van der Waals surface area contributed by atoms with Gasteiger partial charge in [-0.15, -0.1) is 0 Å². The summed E-state index contributed by atoms with van der Waals surface area (Å²) in [5.74, 6) is 0.541. The molecule has 2 heteroatoms. The van der Waals surface area contributed by atoms with E-state index in [1.165, 1.54) is 12.8 Å². The molecule has 3 atom stereocenters. The zero-order chi connectivity index (χ0) is 10.6. The molecule has 1 N–H and O–H groups in total. The van der Waals surface area contributed by atoms with Crippen LogP contribution in [0.1, 0.15) is 52.4 Å². The second kappa shape index (κ2) is 5.38. The van der Waals surface area contributed by atoms with Crippen molar-refractivity contribution >= 4 is 5.97 Å². The van der Waals surface area contributed by atoms with Crippen LogP contribution in [0.4, 0.5) is 0 Å². The van der Waals surface area contributed by atoms with Crippen LogP contribution in [0.5, 0.6) is 0 Å². The minimum absolute atomic E-state index is 0.0576. The molecule has 0 aromatic rings. The highest BCUT2D eigenvalue weighted by Gasteiger charge is 2.32. The molecule has 2 nitrogen and oxygen atoms in total. The van der Waals surface area contributed by atoms with Gasteiger partial charge in [-0.3, -0.25) is 4.79 Å². The lowest BCUT2D eigenvalue weighted by atomic mass is 9.73. The van der Waals surface area contributed by atoms with Crippen molar-refractivity contribution in [1.29, 1.82) is 0 Å². The fraction of sp³-hybridized carbons (Fsp3) is 0.917. The van der Waals surface area contributed by atoms with Gasteiger partial charge in [-0.25, -0.2) is 0 Å². The van der Waals surface area contributed by atoms with E-state index in [1.807, 2.05) is 0 Å². The van der Waals surface area contributed by atoms with E-state index in [2.05, 4.69) is 13.8 Å². The highest BCUT2D eigenvalue weighted by Crippen LogP contribution is 2.36. The van der Waals surface area contributed by atoms with Gasteiger partial charge in [0.2, 0.25) is 0 Å². The Morgan fingerprint density at radius 3 is 2.71 bits per heavy atom. The van der Waals surface area contributed by atoms with E-state index in [9.17, 15) is 4.79 Å². The molecule has 0 radical (unpaired) electrons. The summed E-state index contributed by atoms with van der Waals surface area (Å²) in [4.78, 5) is 11.0. The molecule has 82 valence electrons. The van der Waals surface area contributed by atoms with Gasteiger partial charge < -0.3 is 5.11 Å². The van der Waals surface area contributed by atoms with Crippen molar-refractivity contribution in [2.24, 2.45) is 17.8 Å². The Morgan fingerprint density at radius 2 is 2.14 bits per heavy atom. The number of aliphatic carboxylic acids is 1. The van der Waals surface area contributed by atoms with Gasteiger partial charge in [0.25, 0.3) is 0 Å². The molecular formula is C12H22O2. The predicted octanol–water partition coefficient (Wildman–Crippen LogP) is 3.31. The zero-order valence-electron chi connectivity index (χ0n) is 9.33. The fourth-order valence-corrected chi connectivity index (χ4v) is 2.61. The van der Waals surface area contributed by atoms with Gasteiger partial charge in [-0.05, 0) is 37.5 Å². The smallest absolute Gasteiger partial charge is 0.306 e. The van der Waals surface area contributed by atoms with Gasteiger partial charge >= 0.3 is 5.97 Å². The van der Waals surface area contributed by atoms with Crippen molar-refractivity contribution in [3.63, 3.8) is 0 Å². The summed E-state index contributed by atoms with van der Waals surface area (Å²) in [6, 6.07) is 0. The van der Waals surface area contributed by atoms with Crippen LogP contribution in [0.2, 0.25) is 0 Å². The molecule has 1 rings (SSSR count). The Hall–Kier alpha value is -0.530. The minimum atomic E-state index is -0.571. The van der Waals surface area contributed by atoms with Crippen molar-refractivity contribution in [3.05, 3.63) is 0 Å². The number of unbranched alkanes of at least 4 members (excludes halogenated alkanes) is 1. The Morgan fingerprint density at radius 1 is 1.43 bits per heavy atom. The van der Waals surface area contributed by atoms with Crippen molar-refractivity contribution in [2.75, 3.05) is 0 Å². The van der Waals surface area contributed by atoms with Gasteiger partial charge in [0, 0.05) is 0 Å². The first-order valence-corrected chi connectivity index (χ1v) is 5.88. The van der Waals surface area contributed by atoms with Crippen molar-refractivity contribution in [3.8, 4) is 0 Å². The lowest BCUT2D eigenvalue weighted by molar-refractivity contribution is -0.145. The summed E-state index contributed by atoms with van der Waals surface area (Å²) in [5.41, 5.74) is 0. The van der Waals surface area contributed by atoms with E-state index < -0.39 is 5.97 Å². The molecule has 3 unspecified atom stereocenters. The molecule has 14 heavy (non-hydrogen) atoms. The van der Waals surface area contributed by atoms with Crippen LogP contribution in [-0.2, 0) is 4.79 Å². The average Bonchev–Trinajstić information content (AvgIpc) is 2.14.